The molecule has 0 amide bonds. The summed E-state index contributed by atoms with van der Waals surface area (Å²) >= 11 is 6.32. The van der Waals surface area contributed by atoms with Gasteiger partial charge in [-0.1, -0.05) is 109 Å². The molecule has 5 aromatic rings. The summed E-state index contributed by atoms with van der Waals surface area (Å²) < 4.78 is 0. The minimum Gasteiger partial charge on any atom is -0.310 e. The molecule has 1 aliphatic rings. The molecule has 0 N–H and O–H groups in total. The van der Waals surface area contributed by atoms with E-state index in [1.165, 1.54) is 33.4 Å². The Balaban J connectivity index is 1.56. The molecule has 0 saturated heterocycles. The number of halogens is 1. The number of benzene rings is 5. The summed E-state index contributed by atoms with van der Waals surface area (Å²) in [7, 11) is 0. The predicted molar refractivity (Wildman–Crippen MR) is 163 cm³/mol. The lowest BCUT2D eigenvalue weighted by Crippen LogP contribution is -2.11. The van der Waals surface area contributed by atoms with E-state index < -0.39 is 0 Å². The first kappa shape index (κ1) is 24.0. The summed E-state index contributed by atoms with van der Waals surface area (Å²) in [5, 5.41) is 0.725. The van der Waals surface area contributed by atoms with E-state index in [-0.39, 0.29) is 0 Å². The van der Waals surface area contributed by atoms with Crippen LogP contribution in [0.1, 0.15) is 18.4 Å². The summed E-state index contributed by atoms with van der Waals surface area (Å²) in [4.78, 5) is 2.34. The SMILES string of the molecule is Clc1ccc(N(c2cccc(C3=CCCC=C3)c2)c2ccc(-c3ccccc3)cc2-c2ccccc2)cc1. The third kappa shape index (κ3) is 5.07. The highest BCUT2D eigenvalue weighted by Gasteiger charge is 2.19. The number of hydrogen-bond acceptors (Lipinski definition) is 1. The van der Waals surface area contributed by atoms with Gasteiger partial charge in [-0.15, -0.1) is 0 Å². The first-order valence-corrected chi connectivity index (χ1v) is 13.4. The largest absolute Gasteiger partial charge is 0.310 e. The summed E-state index contributed by atoms with van der Waals surface area (Å²) in [6, 6.07) is 44.9. The van der Waals surface area contributed by atoms with Gasteiger partial charge in [-0.05, 0) is 89.2 Å². The van der Waals surface area contributed by atoms with Gasteiger partial charge >= 0.3 is 0 Å². The Bertz CT molecular complexity index is 1600. The van der Waals surface area contributed by atoms with Crippen LogP contribution >= 0.6 is 11.6 Å². The number of nitrogens with zero attached hydrogens (tertiary/aromatic N) is 1. The van der Waals surface area contributed by atoms with Gasteiger partial charge < -0.3 is 4.90 Å². The number of allylic oxidation sites excluding steroid dienone is 4. The average molecular weight is 510 g/mol. The Morgan fingerprint density at radius 3 is 1.95 bits per heavy atom. The molecule has 0 radical (unpaired) electrons. The normalized spacial score (nSPS) is 12.7. The first-order valence-electron chi connectivity index (χ1n) is 13.0. The second kappa shape index (κ2) is 11.0. The average Bonchev–Trinajstić information content (AvgIpc) is 3.00. The molecule has 5 aromatic carbocycles. The van der Waals surface area contributed by atoms with Gasteiger partial charge in [-0.25, -0.2) is 0 Å². The zero-order valence-corrected chi connectivity index (χ0v) is 21.9. The molecule has 0 fully saturated rings. The molecule has 1 aliphatic carbocycles. The molecule has 2 heteroatoms. The summed E-state index contributed by atoms with van der Waals surface area (Å²) in [6.45, 7) is 0. The standard InChI is InChI=1S/C36H28ClN/c37-32-20-22-33(23-21-32)38(34-18-10-17-30(25-34)27-11-4-1-5-12-27)36-24-19-31(28-13-6-2-7-14-28)26-35(36)29-15-8-3-9-16-29/h2-4,6-26H,1,5H2. The quantitative estimate of drug-likeness (QED) is 0.220. The topological polar surface area (TPSA) is 3.24 Å². The second-order valence-corrected chi connectivity index (χ2v) is 9.90. The van der Waals surface area contributed by atoms with E-state index >= 15 is 0 Å². The summed E-state index contributed by atoms with van der Waals surface area (Å²) in [5.41, 5.74) is 10.5. The third-order valence-corrected chi connectivity index (χ3v) is 7.20. The van der Waals surface area contributed by atoms with E-state index in [4.69, 9.17) is 11.6 Å². The lowest BCUT2D eigenvalue weighted by Gasteiger charge is -2.29. The highest BCUT2D eigenvalue weighted by Crippen LogP contribution is 2.43. The van der Waals surface area contributed by atoms with Crippen molar-refractivity contribution >= 4 is 34.2 Å². The molecule has 0 saturated carbocycles. The van der Waals surface area contributed by atoms with Crippen molar-refractivity contribution in [2.24, 2.45) is 0 Å². The number of rotatable bonds is 6. The highest BCUT2D eigenvalue weighted by molar-refractivity contribution is 6.30. The first-order chi connectivity index (χ1) is 18.8. The zero-order chi connectivity index (χ0) is 25.7. The summed E-state index contributed by atoms with van der Waals surface area (Å²) in [6.07, 6.45) is 9.01. The van der Waals surface area contributed by atoms with Gasteiger partial charge in [0.2, 0.25) is 0 Å². The Morgan fingerprint density at radius 1 is 0.526 bits per heavy atom. The molecule has 6 rings (SSSR count). The number of hydrogen-bond donors (Lipinski definition) is 0. The maximum absolute atomic E-state index is 6.32. The van der Waals surface area contributed by atoms with Gasteiger partial charge in [-0.3, -0.25) is 0 Å². The van der Waals surface area contributed by atoms with Crippen molar-refractivity contribution in [3.8, 4) is 22.3 Å². The van der Waals surface area contributed by atoms with Crippen LogP contribution in [-0.2, 0) is 0 Å². The van der Waals surface area contributed by atoms with E-state index in [9.17, 15) is 0 Å². The molecule has 0 heterocycles. The Labute approximate surface area is 230 Å². The molecule has 0 atom stereocenters. The minimum atomic E-state index is 0.725. The monoisotopic (exact) mass is 509 g/mol. The second-order valence-electron chi connectivity index (χ2n) is 9.47. The van der Waals surface area contributed by atoms with Crippen LogP contribution in [0.25, 0.3) is 27.8 Å². The molecule has 184 valence electrons. The van der Waals surface area contributed by atoms with Crippen molar-refractivity contribution in [2.75, 3.05) is 4.90 Å². The molecular weight excluding hydrogens is 482 g/mol. The zero-order valence-electron chi connectivity index (χ0n) is 21.1. The van der Waals surface area contributed by atoms with Crippen LogP contribution in [0, 0.1) is 0 Å². The van der Waals surface area contributed by atoms with E-state index in [0.29, 0.717) is 0 Å². The van der Waals surface area contributed by atoms with Gasteiger partial charge in [0.25, 0.3) is 0 Å². The van der Waals surface area contributed by atoms with Gasteiger partial charge in [0.15, 0.2) is 0 Å². The molecule has 38 heavy (non-hydrogen) atoms. The van der Waals surface area contributed by atoms with Crippen molar-refractivity contribution in [1.29, 1.82) is 0 Å². The Hall–Kier alpha value is -4.33. The van der Waals surface area contributed by atoms with Crippen LogP contribution in [0.4, 0.5) is 17.1 Å². The van der Waals surface area contributed by atoms with Crippen molar-refractivity contribution in [2.45, 2.75) is 12.8 Å². The molecule has 0 aromatic heterocycles. The van der Waals surface area contributed by atoms with E-state index in [1.54, 1.807) is 0 Å². The van der Waals surface area contributed by atoms with Crippen LogP contribution in [0.3, 0.4) is 0 Å². The van der Waals surface area contributed by atoms with Crippen LogP contribution in [0.5, 0.6) is 0 Å². The fourth-order valence-corrected chi connectivity index (χ4v) is 5.19. The van der Waals surface area contributed by atoms with E-state index in [1.807, 2.05) is 12.1 Å². The van der Waals surface area contributed by atoms with E-state index in [2.05, 4.69) is 138 Å². The molecule has 0 aliphatic heterocycles. The van der Waals surface area contributed by atoms with E-state index in [0.717, 1.165) is 34.9 Å². The van der Waals surface area contributed by atoms with Crippen molar-refractivity contribution in [1.82, 2.24) is 0 Å². The maximum atomic E-state index is 6.32. The molecule has 0 unspecified atom stereocenters. The van der Waals surface area contributed by atoms with Gasteiger partial charge in [0.1, 0.15) is 0 Å². The third-order valence-electron chi connectivity index (χ3n) is 6.95. The molecule has 0 spiro atoms. The fraction of sp³-hybridized carbons (Fsp3) is 0.0556. The fourth-order valence-electron chi connectivity index (χ4n) is 5.06. The Kier molecular flexibility index (Phi) is 6.93. The predicted octanol–water partition coefficient (Wildman–Crippen LogP) is 10.9. The molecular formula is C36H28ClN. The minimum absolute atomic E-state index is 0.725. The Morgan fingerprint density at radius 2 is 1.24 bits per heavy atom. The molecule has 1 nitrogen and oxygen atoms in total. The number of anilines is 3. The van der Waals surface area contributed by atoms with Crippen molar-refractivity contribution in [3.63, 3.8) is 0 Å². The van der Waals surface area contributed by atoms with Crippen LogP contribution in [0.2, 0.25) is 5.02 Å². The van der Waals surface area contributed by atoms with Crippen LogP contribution < -0.4 is 4.90 Å². The lowest BCUT2D eigenvalue weighted by atomic mass is 9.95. The maximum Gasteiger partial charge on any atom is 0.0540 e. The van der Waals surface area contributed by atoms with Gasteiger partial charge in [-0.2, -0.15) is 0 Å². The smallest absolute Gasteiger partial charge is 0.0540 e. The van der Waals surface area contributed by atoms with Crippen LogP contribution in [0.15, 0.2) is 146 Å². The van der Waals surface area contributed by atoms with Crippen LogP contribution in [-0.4, -0.2) is 0 Å². The van der Waals surface area contributed by atoms with Gasteiger partial charge in [0, 0.05) is 22.0 Å². The molecule has 0 bridgehead atoms. The van der Waals surface area contributed by atoms with Gasteiger partial charge in [0.05, 0.1) is 5.69 Å². The van der Waals surface area contributed by atoms with Crippen molar-refractivity contribution < 1.29 is 0 Å². The lowest BCUT2D eigenvalue weighted by molar-refractivity contribution is 1.04. The highest BCUT2D eigenvalue weighted by atomic mass is 35.5. The van der Waals surface area contributed by atoms with Crippen molar-refractivity contribution in [3.05, 3.63) is 156 Å². The summed E-state index contributed by atoms with van der Waals surface area (Å²) in [5.74, 6) is 0.